The summed E-state index contributed by atoms with van der Waals surface area (Å²) in [5, 5.41) is 11.1. The summed E-state index contributed by atoms with van der Waals surface area (Å²) in [6.45, 7) is 4.21. The van der Waals surface area contributed by atoms with Crippen LogP contribution >= 0.6 is 0 Å². The molecule has 0 bridgehead atoms. The number of rotatable bonds is 4. The number of carbonyl (C=O) groups excluding carboxylic acids is 1. The number of ketones is 1. The molecule has 0 fully saturated rings. The van der Waals surface area contributed by atoms with Crippen molar-refractivity contribution in [1.82, 2.24) is 4.98 Å². The number of pyridine rings is 1. The van der Waals surface area contributed by atoms with Crippen LogP contribution < -0.4 is 4.74 Å². The first-order valence-electron chi connectivity index (χ1n) is 12.2. The van der Waals surface area contributed by atoms with Gasteiger partial charge in [0.1, 0.15) is 0 Å². The van der Waals surface area contributed by atoms with Gasteiger partial charge in [0, 0.05) is 43.6 Å². The van der Waals surface area contributed by atoms with E-state index in [1.54, 1.807) is 30.5 Å². The number of allylic oxidation sites excluding steroid dienone is 2. The fraction of sp³-hybridized carbons (Fsp3) is 0.214. The quantitative estimate of drug-likeness (QED) is 0.111. The summed E-state index contributed by atoms with van der Waals surface area (Å²) in [4.78, 5) is 14.4. The number of fused-ring (bicyclic) bond motifs is 3. The number of ether oxygens (including phenoxy) is 1. The second-order valence-electron chi connectivity index (χ2n) is 7.62. The summed E-state index contributed by atoms with van der Waals surface area (Å²) >= 11 is 0. The van der Waals surface area contributed by atoms with Gasteiger partial charge in [0.05, 0.1) is 11.1 Å². The number of hydrogen-bond acceptors (Lipinski definition) is 4. The summed E-state index contributed by atoms with van der Waals surface area (Å²) < 4.78 is 38.4. The fourth-order valence-corrected chi connectivity index (χ4v) is 3.29. The summed E-state index contributed by atoms with van der Waals surface area (Å²) in [6.07, 6.45) is 2.72. The zero-order chi connectivity index (χ0) is 26.7. The third-order valence-corrected chi connectivity index (χ3v) is 4.71. The normalized spacial score (nSPS) is 13.5. The van der Waals surface area contributed by atoms with E-state index in [0.29, 0.717) is 22.4 Å². The first kappa shape index (κ1) is 20.6. The van der Waals surface area contributed by atoms with Crippen LogP contribution in [-0.2, 0) is 24.9 Å². The molecule has 5 heteroatoms. The third-order valence-electron chi connectivity index (χ3n) is 4.71. The average Bonchev–Trinajstić information content (AvgIpc) is 2.77. The van der Waals surface area contributed by atoms with Crippen molar-refractivity contribution in [2.45, 2.75) is 40.4 Å². The predicted molar refractivity (Wildman–Crippen MR) is 130 cm³/mol. The standard InChI is InChI=1S/C23H20NO.C5H8O2.Ir/c1-15(2)17-9-10-18-13-16(3)20-11-12-24-23(22(20)21(18)14-17)25-19-7-5-4-6-8-19;1-4(6)3-5(2)7;/h4-7,9-15H,1-3H3;3,6H,1-2H3;/q-1;;/b;4-3-;/i3D3,15D;;. The monoisotopic (exact) mass is 623 g/mol. The van der Waals surface area contributed by atoms with E-state index in [0.717, 1.165) is 16.3 Å². The maximum atomic E-state index is 10.0. The minimum absolute atomic E-state index is 0. The maximum absolute atomic E-state index is 10.0. The molecule has 4 aromatic rings. The molecule has 4 nitrogen and oxygen atoms in total. The Labute approximate surface area is 214 Å². The van der Waals surface area contributed by atoms with Crippen molar-refractivity contribution >= 4 is 27.3 Å². The van der Waals surface area contributed by atoms with E-state index in [2.05, 4.69) is 11.1 Å². The van der Waals surface area contributed by atoms with Crippen LogP contribution in [0.4, 0.5) is 0 Å². The molecule has 0 saturated carbocycles. The summed E-state index contributed by atoms with van der Waals surface area (Å²) in [5.41, 5.74) is 1.08. The molecule has 1 aromatic heterocycles. The van der Waals surface area contributed by atoms with Crippen molar-refractivity contribution in [3.8, 4) is 11.6 Å². The second kappa shape index (κ2) is 11.7. The Morgan fingerprint density at radius 2 is 1.97 bits per heavy atom. The molecule has 0 aliphatic carbocycles. The van der Waals surface area contributed by atoms with Crippen LogP contribution in [0.3, 0.4) is 0 Å². The van der Waals surface area contributed by atoms with Crippen molar-refractivity contribution in [2.24, 2.45) is 0 Å². The topological polar surface area (TPSA) is 59.4 Å². The molecule has 1 heterocycles. The molecule has 0 atom stereocenters. The van der Waals surface area contributed by atoms with Gasteiger partial charge >= 0.3 is 0 Å². The van der Waals surface area contributed by atoms with Crippen LogP contribution in [0.1, 0.15) is 50.2 Å². The first-order chi connectivity index (χ1) is 16.8. The molecule has 1 radical (unpaired) electrons. The van der Waals surface area contributed by atoms with Crippen molar-refractivity contribution in [1.29, 1.82) is 0 Å². The van der Waals surface area contributed by atoms with Crippen LogP contribution in [0.5, 0.6) is 11.6 Å². The minimum Gasteiger partial charge on any atom is -0.512 e. The Kier molecular flexibility index (Phi) is 7.32. The molecule has 0 unspecified atom stereocenters. The average molecular weight is 623 g/mol. The van der Waals surface area contributed by atoms with Crippen LogP contribution in [0.2, 0.25) is 0 Å². The van der Waals surface area contributed by atoms with E-state index in [1.165, 1.54) is 19.9 Å². The molecule has 33 heavy (non-hydrogen) atoms. The van der Waals surface area contributed by atoms with Gasteiger partial charge in [-0.05, 0) is 59.9 Å². The Balaban J connectivity index is 0.000000532. The van der Waals surface area contributed by atoms with Crippen LogP contribution in [0.15, 0.2) is 72.6 Å². The molecular weight excluding hydrogens is 591 g/mol. The molecule has 0 spiro atoms. The number of aryl methyl sites for hydroxylation is 1. The van der Waals surface area contributed by atoms with E-state index >= 15 is 0 Å². The van der Waals surface area contributed by atoms with Gasteiger partial charge < -0.3 is 9.84 Å². The fourth-order valence-electron chi connectivity index (χ4n) is 3.29. The number of aliphatic hydroxyl groups excluding tert-OH is 1. The largest absolute Gasteiger partial charge is 0.512 e. The number of benzene rings is 3. The van der Waals surface area contributed by atoms with E-state index < -0.39 is 12.7 Å². The molecule has 4 rings (SSSR count). The third kappa shape index (κ3) is 6.74. The van der Waals surface area contributed by atoms with Crippen molar-refractivity contribution in [2.75, 3.05) is 0 Å². The van der Waals surface area contributed by atoms with Gasteiger partial charge in [0.25, 0.3) is 0 Å². The summed E-state index contributed by atoms with van der Waals surface area (Å²) in [7, 11) is 0. The van der Waals surface area contributed by atoms with Crippen LogP contribution in [-0.4, -0.2) is 15.9 Å². The van der Waals surface area contributed by atoms with Gasteiger partial charge in [-0.15, -0.1) is 12.1 Å². The van der Waals surface area contributed by atoms with Crippen LogP contribution in [0.25, 0.3) is 21.5 Å². The molecule has 0 amide bonds. The minimum atomic E-state index is -2.28. The summed E-state index contributed by atoms with van der Waals surface area (Å²) in [6, 6.07) is 19.3. The van der Waals surface area contributed by atoms with E-state index in [9.17, 15) is 4.79 Å². The Bertz CT molecular complexity index is 1430. The SMILES string of the molecule is CC(=O)/C=C(/C)O.[2H]C([2H])([2H])c1cc2ccc(C([2H])(C)C)cc2c2c(Oc3[c-]cccc3)nccc12.[Ir]. The number of aromatic nitrogens is 1. The molecule has 0 aliphatic heterocycles. The Morgan fingerprint density at radius 1 is 1.18 bits per heavy atom. The van der Waals surface area contributed by atoms with Gasteiger partial charge in [0.15, 0.2) is 5.78 Å². The van der Waals surface area contributed by atoms with Crippen LogP contribution in [0, 0.1) is 12.9 Å². The molecule has 0 saturated heterocycles. The molecular formula is C28H28IrNO3-. The number of hydrogen-bond donors (Lipinski definition) is 1. The molecule has 0 aliphatic rings. The van der Waals surface area contributed by atoms with Gasteiger partial charge in [-0.3, -0.25) is 4.79 Å². The second-order valence-corrected chi connectivity index (χ2v) is 7.62. The smallest absolute Gasteiger partial charge is 0.225 e. The maximum Gasteiger partial charge on any atom is 0.225 e. The van der Waals surface area contributed by atoms with Crippen molar-refractivity contribution in [3.63, 3.8) is 0 Å². The van der Waals surface area contributed by atoms with Gasteiger partial charge in [-0.2, -0.15) is 18.2 Å². The molecule has 3 aromatic carbocycles. The number of carbonyl (C=O) groups is 1. The van der Waals surface area contributed by atoms with Gasteiger partial charge in [0.2, 0.25) is 5.88 Å². The number of para-hydroxylation sites is 1. The predicted octanol–water partition coefficient (Wildman–Crippen LogP) is 7.45. The zero-order valence-electron chi connectivity index (χ0n) is 22.9. The van der Waals surface area contributed by atoms with Gasteiger partial charge in [-0.1, -0.05) is 38.1 Å². The Hall–Kier alpha value is -3.01. The number of nitrogens with zero attached hydrogens (tertiary/aromatic N) is 1. The number of aliphatic hydroxyl groups is 1. The van der Waals surface area contributed by atoms with E-state index in [1.807, 2.05) is 44.2 Å². The van der Waals surface area contributed by atoms with Gasteiger partial charge in [-0.25, -0.2) is 4.98 Å². The van der Waals surface area contributed by atoms with Crippen molar-refractivity contribution < 1.29 is 40.2 Å². The summed E-state index contributed by atoms with van der Waals surface area (Å²) in [5.74, 6) is -0.0370. The Morgan fingerprint density at radius 3 is 2.55 bits per heavy atom. The van der Waals surface area contributed by atoms with E-state index in [4.69, 9.17) is 15.3 Å². The van der Waals surface area contributed by atoms with Crippen molar-refractivity contribution in [3.05, 3.63) is 89.8 Å². The first-order valence-corrected chi connectivity index (χ1v) is 10.2. The van der Waals surface area contributed by atoms with E-state index in [-0.39, 0.29) is 37.2 Å². The zero-order valence-corrected chi connectivity index (χ0v) is 21.3. The molecule has 173 valence electrons. The molecule has 1 N–H and O–H groups in total.